The van der Waals surface area contributed by atoms with Gasteiger partial charge in [-0.05, 0) is 43.0 Å². The van der Waals surface area contributed by atoms with Crippen LogP contribution in [0.4, 0.5) is 0 Å². The minimum atomic E-state index is -1.08. The van der Waals surface area contributed by atoms with Crippen LogP contribution < -0.4 is 5.32 Å². The molecule has 180 valence electrons. The molecule has 0 aromatic heterocycles. The standard InChI is InChI=1S/C25H26Cl2N2O4S/c1-16(25(32)33)28-24(31)19-11-13-29(14-12-19)21(30)10-8-18-7-9-20(23(27)22(18)26)34-15-17-5-3-2-4-6-17/h2-10,16,19H,11-15H2,1H3,(H,28,31)(H,32,33). The molecule has 1 saturated heterocycles. The van der Waals surface area contributed by atoms with Gasteiger partial charge in [-0.1, -0.05) is 59.6 Å². The largest absolute Gasteiger partial charge is 0.480 e. The first-order valence-corrected chi connectivity index (χ1v) is 12.6. The van der Waals surface area contributed by atoms with E-state index >= 15 is 0 Å². The number of carbonyl (C=O) groups excluding carboxylic acids is 2. The first-order valence-electron chi connectivity index (χ1n) is 10.9. The molecule has 1 unspecified atom stereocenters. The molecule has 1 fully saturated rings. The molecule has 9 heteroatoms. The van der Waals surface area contributed by atoms with E-state index in [0.717, 1.165) is 10.6 Å². The summed E-state index contributed by atoms with van der Waals surface area (Å²) in [6.07, 6.45) is 4.08. The van der Waals surface area contributed by atoms with E-state index in [9.17, 15) is 14.4 Å². The number of hydrogen-bond donors (Lipinski definition) is 2. The summed E-state index contributed by atoms with van der Waals surface area (Å²) in [5, 5.41) is 12.3. The molecule has 1 aliphatic heterocycles. The number of aliphatic carboxylic acids is 1. The van der Waals surface area contributed by atoms with E-state index in [1.165, 1.54) is 18.6 Å². The van der Waals surface area contributed by atoms with Crippen LogP contribution >= 0.6 is 35.0 Å². The third-order valence-corrected chi connectivity index (χ3v) is 7.76. The van der Waals surface area contributed by atoms with Gasteiger partial charge in [-0.15, -0.1) is 11.8 Å². The highest BCUT2D eigenvalue weighted by molar-refractivity contribution is 7.98. The van der Waals surface area contributed by atoms with E-state index in [2.05, 4.69) is 17.4 Å². The molecule has 0 bridgehead atoms. The summed E-state index contributed by atoms with van der Waals surface area (Å²) < 4.78 is 0. The van der Waals surface area contributed by atoms with Crippen LogP contribution in [0, 0.1) is 5.92 Å². The number of halogens is 2. The Labute approximate surface area is 213 Å². The molecular weight excluding hydrogens is 495 g/mol. The van der Waals surface area contributed by atoms with E-state index in [0.29, 0.717) is 41.5 Å². The lowest BCUT2D eigenvalue weighted by atomic mass is 9.95. The van der Waals surface area contributed by atoms with Gasteiger partial charge in [-0.2, -0.15) is 0 Å². The fraction of sp³-hybridized carbons (Fsp3) is 0.320. The summed E-state index contributed by atoms with van der Waals surface area (Å²) in [4.78, 5) is 38.3. The number of benzene rings is 2. The number of likely N-dealkylation sites (tertiary alicyclic amines) is 1. The zero-order valence-electron chi connectivity index (χ0n) is 18.7. The summed E-state index contributed by atoms with van der Waals surface area (Å²) in [6, 6.07) is 12.9. The fourth-order valence-electron chi connectivity index (χ4n) is 3.54. The minimum absolute atomic E-state index is 0.174. The van der Waals surface area contributed by atoms with E-state index in [-0.39, 0.29) is 17.7 Å². The zero-order valence-corrected chi connectivity index (χ0v) is 21.0. The third kappa shape index (κ3) is 7.01. The van der Waals surface area contributed by atoms with Crippen LogP contribution in [0.2, 0.25) is 10.0 Å². The van der Waals surface area contributed by atoms with Gasteiger partial charge in [0.2, 0.25) is 11.8 Å². The summed E-state index contributed by atoms with van der Waals surface area (Å²) in [5.74, 6) is -1.07. The van der Waals surface area contributed by atoms with Crippen molar-refractivity contribution in [1.29, 1.82) is 0 Å². The van der Waals surface area contributed by atoms with Crippen LogP contribution in [0.5, 0.6) is 0 Å². The molecule has 0 radical (unpaired) electrons. The molecule has 6 nitrogen and oxygen atoms in total. The van der Waals surface area contributed by atoms with Gasteiger partial charge >= 0.3 is 5.97 Å². The van der Waals surface area contributed by atoms with E-state index in [4.69, 9.17) is 28.3 Å². The Morgan fingerprint density at radius 3 is 2.44 bits per heavy atom. The summed E-state index contributed by atoms with van der Waals surface area (Å²) in [5.41, 5.74) is 1.84. The van der Waals surface area contributed by atoms with Gasteiger partial charge in [-0.25, -0.2) is 0 Å². The quantitative estimate of drug-likeness (QED) is 0.372. The van der Waals surface area contributed by atoms with Gasteiger partial charge in [0.05, 0.1) is 10.0 Å². The molecule has 2 amide bonds. The summed E-state index contributed by atoms with van der Waals surface area (Å²) in [7, 11) is 0. The van der Waals surface area contributed by atoms with Crippen molar-refractivity contribution in [3.05, 3.63) is 69.7 Å². The Kier molecular flexibility index (Phi) is 9.45. The molecule has 2 aromatic rings. The van der Waals surface area contributed by atoms with Crippen molar-refractivity contribution >= 4 is 58.8 Å². The molecule has 2 aromatic carbocycles. The molecule has 0 spiro atoms. The Bertz CT molecular complexity index is 1070. The molecule has 0 aliphatic carbocycles. The Morgan fingerprint density at radius 1 is 1.12 bits per heavy atom. The van der Waals surface area contributed by atoms with Crippen molar-refractivity contribution in [3.8, 4) is 0 Å². The van der Waals surface area contributed by atoms with E-state index in [1.54, 1.807) is 22.7 Å². The number of carbonyl (C=O) groups is 3. The maximum Gasteiger partial charge on any atom is 0.325 e. The number of nitrogens with one attached hydrogen (secondary N) is 1. The first-order chi connectivity index (χ1) is 16.3. The van der Waals surface area contributed by atoms with E-state index < -0.39 is 12.0 Å². The van der Waals surface area contributed by atoms with Gasteiger partial charge in [-0.3, -0.25) is 14.4 Å². The van der Waals surface area contributed by atoms with Gasteiger partial charge < -0.3 is 15.3 Å². The van der Waals surface area contributed by atoms with E-state index in [1.807, 2.05) is 30.3 Å². The Hall–Kier alpha value is -2.48. The molecule has 34 heavy (non-hydrogen) atoms. The van der Waals surface area contributed by atoms with Crippen LogP contribution in [0.25, 0.3) is 6.08 Å². The van der Waals surface area contributed by atoms with Crippen LogP contribution in [-0.2, 0) is 20.1 Å². The number of carboxylic acid groups (broad SMARTS) is 1. The summed E-state index contributed by atoms with van der Waals surface area (Å²) >= 11 is 14.5. The van der Waals surface area contributed by atoms with Crippen LogP contribution in [0.15, 0.2) is 53.4 Å². The van der Waals surface area contributed by atoms with Gasteiger partial charge in [0.1, 0.15) is 6.04 Å². The fourth-order valence-corrected chi connectivity index (χ4v) is 5.07. The normalized spacial score (nSPS) is 15.3. The molecular formula is C25H26Cl2N2O4S. The van der Waals surface area contributed by atoms with Gasteiger partial charge in [0, 0.05) is 35.7 Å². The zero-order chi connectivity index (χ0) is 24.7. The highest BCUT2D eigenvalue weighted by Gasteiger charge is 2.28. The summed E-state index contributed by atoms with van der Waals surface area (Å²) in [6.45, 7) is 2.27. The Morgan fingerprint density at radius 2 is 1.79 bits per heavy atom. The molecule has 2 N–H and O–H groups in total. The predicted octanol–water partition coefficient (Wildman–Crippen LogP) is 5.13. The predicted molar refractivity (Wildman–Crippen MR) is 136 cm³/mol. The lowest BCUT2D eigenvalue weighted by Crippen LogP contribution is -2.46. The van der Waals surface area contributed by atoms with Crippen molar-refractivity contribution in [1.82, 2.24) is 10.2 Å². The molecule has 0 saturated carbocycles. The molecule has 1 atom stereocenters. The molecule has 1 aliphatic rings. The highest BCUT2D eigenvalue weighted by Crippen LogP contribution is 2.37. The Balaban J connectivity index is 1.54. The monoisotopic (exact) mass is 520 g/mol. The van der Waals surface area contributed by atoms with Crippen molar-refractivity contribution in [3.63, 3.8) is 0 Å². The number of hydrogen-bond acceptors (Lipinski definition) is 4. The number of thioether (sulfide) groups is 1. The first kappa shape index (κ1) is 26.1. The van der Waals surface area contributed by atoms with Gasteiger partial charge in [0.25, 0.3) is 0 Å². The second-order valence-corrected chi connectivity index (χ2v) is 9.83. The third-order valence-electron chi connectivity index (χ3n) is 5.63. The van der Waals surface area contributed by atoms with Crippen LogP contribution in [0.1, 0.15) is 30.9 Å². The average molecular weight is 521 g/mol. The minimum Gasteiger partial charge on any atom is -0.480 e. The molecule has 3 rings (SSSR count). The van der Waals surface area contributed by atoms with Crippen molar-refractivity contribution in [2.24, 2.45) is 5.92 Å². The number of amides is 2. The maximum absolute atomic E-state index is 12.6. The SMILES string of the molecule is CC(NC(=O)C1CCN(C(=O)C=Cc2ccc(SCc3ccccc3)c(Cl)c2Cl)CC1)C(=O)O. The van der Waals surface area contributed by atoms with Crippen molar-refractivity contribution in [2.45, 2.75) is 36.5 Å². The topological polar surface area (TPSA) is 86.7 Å². The number of carboxylic acids is 1. The van der Waals surface area contributed by atoms with Crippen molar-refractivity contribution in [2.75, 3.05) is 13.1 Å². The number of nitrogens with zero attached hydrogens (tertiary/aromatic N) is 1. The van der Waals surface area contributed by atoms with Crippen molar-refractivity contribution < 1.29 is 19.5 Å². The molecule has 1 heterocycles. The second-order valence-electron chi connectivity index (χ2n) is 8.06. The second kappa shape index (κ2) is 12.3. The smallest absolute Gasteiger partial charge is 0.325 e. The maximum atomic E-state index is 12.6. The average Bonchev–Trinajstić information content (AvgIpc) is 2.84. The highest BCUT2D eigenvalue weighted by atomic mass is 35.5. The number of rotatable bonds is 8. The number of piperidine rings is 1. The lowest BCUT2D eigenvalue weighted by Gasteiger charge is -2.31. The lowest BCUT2D eigenvalue weighted by molar-refractivity contribution is -0.142. The van der Waals surface area contributed by atoms with Crippen LogP contribution in [0.3, 0.4) is 0 Å². The van der Waals surface area contributed by atoms with Crippen LogP contribution in [-0.4, -0.2) is 46.9 Å². The van der Waals surface area contributed by atoms with Gasteiger partial charge in [0.15, 0.2) is 0 Å².